The first-order chi connectivity index (χ1) is 11.7. The number of halogens is 1. The summed E-state index contributed by atoms with van der Waals surface area (Å²) in [6.45, 7) is 5.98. The average molecular weight is 364 g/mol. The molecule has 0 atom stereocenters. The zero-order valence-electron chi connectivity index (χ0n) is 13.6. The van der Waals surface area contributed by atoms with Crippen LogP contribution in [-0.4, -0.2) is 48.4 Å². The van der Waals surface area contributed by atoms with Gasteiger partial charge in [-0.3, -0.25) is 9.69 Å². The van der Waals surface area contributed by atoms with E-state index in [1.165, 1.54) is 5.56 Å². The van der Waals surface area contributed by atoms with Crippen molar-refractivity contribution in [1.82, 2.24) is 9.80 Å². The summed E-state index contributed by atoms with van der Waals surface area (Å²) in [5.41, 5.74) is 2.08. The van der Waals surface area contributed by atoms with Crippen molar-refractivity contribution in [3.63, 3.8) is 0 Å². The van der Waals surface area contributed by atoms with Crippen molar-refractivity contribution in [3.8, 4) is 0 Å². The van der Waals surface area contributed by atoms with Crippen LogP contribution in [0.25, 0.3) is 0 Å². The van der Waals surface area contributed by atoms with Gasteiger partial charge in [-0.1, -0.05) is 23.7 Å². The van der Waals surface area contributed by atoms with Gasteiger partial charge in [0.2, 0.25) is 5.91 Å². The molecule has 1 fully saturated rings. The molecule has 1 aliphatic rings. The summed E-state index contributed by atoms with van der Waals surface area (Å²) in [4.78, 5) is 16.9. The normalized spacial score (nSPS) is 16.2. The minimum absolute atomic E-state index is 0.0174. The van der Waals surface area contributed by atoms with Gasteiger partial charge in [-0.2, -0.15) is 11.3 Å². The van der Waals surface area contributed by atoms with Crippen LogP contribution in [-0.2, 0) is 11.3 Å². The highest BCUT2D eigenvalue weighted by Crippen LogP contribution is 2.20. The molecular formula is C18H22ClN3OS. The van der Waals surface area contributed by atoms with Gasteiger partial charge in [0.25, 0.3) is 0 Å². The van der Waals surface area contributed by atoms with Gasteiger partial charge in [-0.15, -0.1) is 0 Å². The summed E-state index contributed by atoms with van der Waals surface area (Å²) >= 11 is 7.81. The average Bonchev–Trinajstić information content (AvgIpc) is 3.09. The number of nitrogens with one attached hydrogen (secondary N) is 1. The molecule has 1 aromatic carbocycles. The van der Waals surface area contributed by atoms with Crippen LogP contribution in [0.3, 0.4) is 0 Å². The van der Waals surface area contributed by atoms with Crippen LogP contribution in [0.4, 0.5) is 5.69 Å². The number of amides is 1. The number of carbonyl (C=O) groups excluding carboxylic acids is 1. The molecule has 3 rings (SSSR count). The number of carbonyl (C=O) groups is 1. The molecule has 4 nitrogen and oxygen atoms in total. The Morgan fingerprint density at radius 3 is 2.58 bits per heavy atom. The van der Waals surface area contributed by atoms with Gasteiger partial charge >= 0.3 is 0 Å². The first-order valence-corrected chi connectivity index (χ1v) is 9.53. The van der Waals surface area contributed by atoms with E-state index in [9.17, 15) is 4.79 Å². The maximum atomic E-state index is 12.1. The van der Waals surface area contributed by atoms with Crippen molar-refractivity contribution in [2.45, 2.75) is 13.0 Å². The second kappa shape index (κ2) is 8.62. The van der Waals surface area contributed by atoms with Gasteiger partial charge in [0, 0.05) is 45.7 Å². The Balaban J connectivity index is 1.37. The molecule has 1 aromatic heterocycles. The Kier molecular flexibility index (Phi) is 6.26. The van der Waals surface area contributed by atoms with Crippen molar-refractivity contribution in [2.24, 2.45) is 0 Å². The number of piperazine rings is 1. The Labute approximate surface area is 152 Å². The largest absolute Gasteiger partial charge is 0.325 e. The molecule has 1 N–H and O–H groups in total. The summed E-state index contributed by atoms with van der Waals surface area (Å²) in [6, 6.07) is 9.52. The van der Waals surface area contributed by atoms with Gasteiger partial charge in [0.15, 0.2) is 0 Å². The molecule has 128 valence electrons. The van der Waals surface area contributed by atoms with Crippen LogP contribution < -0.4 is 5.32 Å². The molecule has 2 aromatic rings. The molecule has 0 bridgehead atoms. The molecule has 0 spiro atoms. The van der Waals surface area contributed by atoms with Crippen LogP contribution in [0.5, 0.6) is 0 Å². The molecule has 0 unspecified atom stereocenters. The number of rotatable bonds is 6. The molecule has 0 radical (unpaired) electrons. The first-order valence-electron chi connectivity index (χ1n) is 8.21. The topological polar surface area (TPSA) is 35.6 Å². The number of nitrogens with zero attached hydrogens (tertiary/aromatic N) is 2. The molecule has 24 heavy (non-hydrogen) atoms. The molecule has 1 saturated heterocycles. The van der Waals surface area contributed by atoms with E-state index in [-0.39, 0.29) is 5.91 Å². The minimum Gasteiger partial charge on any atom is -0.325 e. The zero-order chi connectivity index (χ0) is 16.8. The van der Waals surface area contributed by atoms with Crippen LogP contribution in [0.15, 0.2) is 41.1 Å². The van der Waals surface area contributed by atoms with E-state index in [2.05, 4.69) is 31.9 Å². The number of hydrogen-bond donors (Lipinski definition) is 1. The standard InChI is InChI=1S/C18H22ClN3OS/c19-16-3-1-2-4-17(16)20-18(23)5-7-21-8-10-22(11-9-21)13-15-6-12-24-14-15/h1-4,6,12,14H,5,7-11,13H2,(H,20,23). The lowest BCUT2D eigenvalue weighted by Gasteiger charge is -2.34. The van der Waals surface area contributed by atoms with Gasteiger partial charge in [0.05, 0.1) is 10.7 Å². The zero-order valence-corrected chi connectivity index (χ0v) is 15.2. The van der Waals surface area contributed by atoms with E-state index >= 15 is 0 Å². The number of anilines is 1. The van der Waals surface area contributed by atoms with E-state index in [4.69, 9.17) is 11.6 Å². The smallest absolute Gasteiger partial charge is 0.225 e. The maximum Gasteiger partial charge on any atom is 0.225 e. The summed E-state index contributed by atoms with van der Waals surface area (Å²) in [5.74, 6) is 0.0174. The number of hydrogen-bond acceptors (Lipinski definition) is 4. The van der Waals surface area contributed by atoms with Crippen molar-refractivity contribution in [1.29, 1.82) is 0 Å². The highest BCUT2D eigenvalue weighted by atomic mass is 35.5. The fourth-order valence-electron chi connectivity index (χ4n) is 2.85. The van der Waals surface area contributed by atoms with E-state index in [0.717, 1.165) is 39.3 Å². The van der Waals surface area contributed by atoms with Crippen LogP contribution in [0.2, 0.25) is 5.02 Å². The lowest BCUT2D eigenvalue weighted by atomic mass is 10.2. The summed E-state index contributed by atoms with van der Waals surface area (Å²) in [7, 11) is 0. The number of thiophene rings is 1. The molecular weight excluding hydrogens is 342 g/mol. The Bertz CT molecular complexity index is 654. The van der Waals surface area contributed by atoms with E-state index in [1.807, 2.05) is 18.2 Å². The third-order valence-corrected chi connectivity index (χ3v) is 5.32. The third-order valence-electron chi connectivity index (χ3n) is 4.25. The van der Waals surface area contributed by atoms with Gasteiger partial charge in [0.1, 0.15) is 0 Å². The SMILES string of the molecule is O=C(CCN1CCN(Cc2ccsc2)CC1)Nc1ccccc1Cl. The number of benzene rings is 1. The minimum atomic E-state index is 0.0174. The van der Waals surface area contributed by atoms with E-state index in [0.29, 0.717) is 17.1 Å². The monoisotopic (exact) mass is 363 g/mol. The molecule has 2 heterocycles. The van der Waals surface area contributed by atoms with Crippen molar-refractivity contribution in [3.05, 3.63) is 51.7 Å². The molecule has 1 aliphatic heterocycles. The second-order valence-corrected chi connectivity index (χ2v) is 7.21. The van der Waals surface area contributed by atoms with Crippen LogP contribution >= 0.6 is 22.9 Å². The van der Waals surface area contributed by atoms with E-state index < -0.39 is 0 Å². The summed E-state index contributed by atoms with van der Waals surface area (Å²) in [5, 5.41) is 7.80. The quantitative estimate of drug-likeness (QED) is 0.852. The Morgan fingerprint density at radius 2 is 1.88 bits per heavy atom. The fraction of sp³-hybridized carbons (Fsp3) is 0.389. The number of para-hydroxylation sites is 1. The fourth-order valence-corrected chi connectivity index (χ4v) is 3.69. The van der Waals surface area contributed by atoms with Crippen LogP contribution in [0.1, 0.15) is 12.0 Å². The Hall–Kier alpha value is -1.40. The third kappa shape index (κ3) is 5.05. The van der Waals surface area contributed by atoms with Crippen molar-refractivity contribution < 1.29 is 4.79 Å². The highest BCUT2D eigenvalue weighted by molar-refractivity contribution is 7.07. The summed E-state index contributed by atoms with van der Waals surface area (Å²) in [6.07, 6.45) is 0.496. The first kappa shape index (κ1) is 17.4. The van der Waals surface area contributed by atoms with Crippen molar-refractivity contribution >= 4 is 34.5 Å². The van der Waals surface area contributed by atoms with Crippen LogP contribution in [0, 0.1) is 0 Å². The lowest BCUT2D eigenvalue weighted by molar-refractivity contribution is -0.116. The van der Waals surface area contributed by atoms with Gasteiger partial charge in [-0.25, -0.2) is 0 Å². The van der Waals surface area contributed by atoms with E-state index in [1.54, 1.807) is 17.4 Å². The Morgan fingerprint density at radius 1 is 1.12 bits per heavy atom. The molecule has 0 saturated carbocycles. The second-order valence-electron chi connectivity index (χ2n) is 6.03. The predicted octanol–water partition coefficient (Wildman–Crippen LogP) is 3.55. The molecule has 1 amide bonds. The van der Waals surface area contributed by atoms with Gasteiger partial charge < -0.3 is 10.2 Å². The summed E-state index contributed by atoms with van der Waals surface area (Å²) < 4.78 is 0. The lowest BCUT2D eigenvalue weighted by Crippen LogP contribution is -2.46. The van der Waals surface area contributed by atoms with Gasteiger partial charge in [-0.05, 0) is 34.5 Å². The van der Waals surface area contributed by atoms with Crippen molar-refractivity contribution in [2.75, 3.05) is 38.0 Å². The maximum absolute atomic E-state index is 12.1. The predicted molar refractivity (Wildman–Crippen MR) is 101 cm³/mol. The highest BCUT2D eigenvalue weighted by Gasteiger charge is 2.17. The molecule has 6 heteroatoms. The molecule has 0 aliphatic carbocycles.